The second-order valence-corrected chi connectivity index (χ2v) is 8.86. The number of hydrogen-bond acceptors (Lipinski definition) is 4. The fraction of sp³-hybridized carbons (Fsp3) is 0.310. The summed E-state index contributed by atoms with van der Waals surface area (Å²) < 4.78 is 0. The molecule has 0 aliphatic carbocycles. The Morgan fingerprint density at radius 1 is 0.944 bits per heavy atom. The van der Waals surface area contributed by atoms with Gasteiger partial charge in [0.2, 0.25) is 11.8 Å². The highest BCUT2D eigenvalue weighted by molar-refractivity contribution is 5.89. The van der Waals surface area contributed by atoms with Crippen molar-refractivity contribution in [2.45, 2.75) is 52.1 Å². The predicted octanol–water partition coefficient (Wildman–Crippen LogP) is 5.00. The number of aryl methyl sites for hydroxylation is 1. The van der Waals surface area contributed by atoms with E-state index >= 15 is 0 Å². The Morgan fingerprint density at radius 2 is 1.58 bits per heavy atom. The lowest BCUT2D eigenvalue weighted by Crippen LogP contribution is -2.51. The maximum atomic E-state index is 13.8. The summed E-state index contributed by atoms with van der Waals surface area (Å²) in [4.78, 5) is 39.9. The molecular weight excluding hydrogens is 454 g/mol. The van der Waals surface area contributed by atoms with Gasteiger partial charge in [0.1, 0.15) is 6.04 Å². The van der Waals surface area contributed by atoms with Crippen LogP contribution >= 0.6 is 0 Å². The molecule has 0 bridgehead atoms. The van der Waals surface area contributed by atoms with Crippen LogP contribution in [0.1, 0.15) is 42.0 Å². The van der Waals surface area contributed by atoms with Crippen LogP contribution in [-0.2, 0) is 29.0 Å². The highest BCUT2D eigenvalue weighted by Crippen LogP contribution is 2.22. The van der Waals surface area contributed by atoms with Crippen molar-refractivity contribution in [2.24, 2.45) is 0 Å². The van der Waals surface area contributed by atoms with Crippen molar-refractivity contribution >= 4 is 17.5 Å². The summed E-state index contributed by atoms with van der Waals surface area (Å²) in [5.74, 6) is -0.559. The number of nitro benzene ring substituents is 1. The van der Waals surface area contributed by atoms with E-state index < -0.39 is 11.0 Å². The van der Waals surface area contributed by atoms with Crippen LogP contribution in [0.15, 0.2) is 78.9 Å². The van der Waals surface area contributed by atoms with E-state index in [9.17, 15) is 19.7 Å². The molecule has 0 saturated heterocycles. The van der Waals surface area contributed by atoms with Crippen molar-refractivity contribution in [3.05, 3.63) is 111 Å². The molecule has 1 N–H and O–H groups in total. The van der Waals surface area contributed by atoms with E-state index in [0.29, 0.717) is 18.5 Å². The summed E-state index contributed by atoms with van der Waals surface area (Å²) in [7, 11) is 0. The van der Waals surface area contributed by atoms with Gasteiger partial charge in [-0.15, -0.1) is 0 Å². The van der Waals surface area contributed by atoms with Gasteiger partial charge in [-0.3, -0.25) is 19.7 Å². The molecule has 1 atom stereocenters. The average molecular weight is 488 g/mol. The fourth-order valence-corrected chi connectivity index (χ4v) is 4.13. The van der Waals surface area contributed by atoms with Crippen LogP contribution in [0, 0.1) is 17.0 Å². The minimum atomic E-state index is -0.765. The van der Waals surface area contributed by atoms with Crippen LogP contribution in [-0.4, -0.2) is 34.2 Å². The van der Waals surface area contributed by atoms with E-state index in [1.165, 1.54) is 6.07 Å². The Kier molecular flexibility index (Phi) is 9.74. The summed E-state index contributed by atoms with van der Waals surface area (Å²) in [6.07, 6.45) is 1.95. The van der Waals surface area contributed by atoms with E-state index in [-0.39, 0.29) is 30.5 Å². The average Bonchev–Trinajstić information content (AvgIpc) is 2.88. The minimum Gasteiger partial charge on any atom is -0.354 e. The molecule has 0 spiro atoms. The van der Waals surface area contributed by atoms with Crippen molar-refractivity contribution in [3.8, 4) is 0 Å². The molecule has 0 unspecified atom stereocenters. The summed E-state index contributed by atoms with van der Waals surface area (Å²) in [5.41, 5.74) is 3.08. The summed E-state index contributed by atoms with van der Waals surface area (Å²) in [6.45, 7) is 4.77. The molecule has 0 aliphatic rings. The summed E-state index contributed by atoms with van der Waals surface area (Å²) in [5, 5.41) is 14.5. The zero-order chi connectivity index (χ0) is 25.9. The second kappa shape index (κ2) is 13.2. The first-order valence-electron chi connectivity index (χ1n) is 12.3. The quantitative estimate of drug-likeness (QED) is 0.221. The number of rotatable bonds is 12. The molecule has 3 aromatic rings. The normalized spacial score (nSPS) is 11.5. The first-order valence-corrected chi connectivity index (χ1v) is 12.3. The van der Waals surface area contributed by atoms with Crippen LogP contribution in [0.3, 0.4) is 0 Å². The number of carbonyl (C=O) groups excluding carboxylic acids is 2. The van der Waals surface area contributed by atoms with Gasteiger partial charge in [0.25, 0.3) is 5.69 Å². The molecule has 0 aliphatic heterocycles. The number of hydrogen-bond donors (Lipinski definition) is 1. The first kappa shape index (κ1) is 26.6. The zero-order valence-electron chi connectivity index (χ0n) is 20.9. The van der Waals surface area contributed by atoms with Crippen molar-refractivity contribution < 1.29 is 14.5 Å². The molecular formula is C29H33N3O4. The van der Waals surface area contributed by atoms with E-state index in [1.54, 1.807) is 23.1 Å². The molecule has 0 saturated carbocycles. The monoisotopic (exact) mass is 487 g/mol. The van der Waals surface area contributed by atoms with Crippen LogP contribution < -0.4 is 5.32 Å². The van der Waals surface area contributed by atoms with Gasteiger partial charge >= 0.3 is 0 Å². The van der Waals surface area contributed by atoms with Crippen LogP contribution in [0.2, 0.25) is 0 Å². The van der Waals surface area contributed by atoms with Gasteiger partial charge in [0, 0.05) is 31.1 Å². The van der Waals surface area contributed by atoms with Gasteiger partial charge in [0.15, 0.2) is 0 Å². The van der Waals surface area contributed by atoms with E-state index in [0.717, 1.165) is 29.5 Å². The number of unbranched alkanes of at least 4 members (excludes halogenated alkanes) is 1. The summed E-state index contributed by atoms with van der Waals surface area (Å²) >= 11 is 0. The Labute approximate surface area is 212 Å². The highest BCUT2D eigenvalue weighted by Gasteiger charge is 2.31. The smallest absolute Gasteiger partial charge is 0.273 e. The number of nitrogens with one attached hydrogen (secondary N) is 1. The van der Waals surface area contributed by atoms with Gasteiger partial charge in [-0.1, -0.05) is 86.1 Å². The molecule has 7 heteroatoms. The maximum absolute atomic E-state index is 13.8. The Morgan fingerprint density at radius 3 is 2.25 bits per heavy atom. The topological polar surface area (TPSA) is 92.6 Å². The molecule has 7 nitrogen and oxygen atoms in total. The third-order valence-corrected chi connectivity index (χ3v) is 6.23. The van der Waals surface area contributed by atoms with Gasteiger partial charge in [0.05, 0.1) is 11.3 Å². The largest absolute Gasteiger partial charge is 0.354 e. The Hall–Kier alpha value is -4.00. The number of benzene rings is 3. The molecule has 0 aromatic heterocycles. The van der Waals surface area contributed by atoms with Crippen molar-refractivity contribution in [2.75, 3.05) is 6.54 Å². The Balaban J connectivity index is 2.00. The third kappa shape index (κ3) is 7.25. The molecule has 3 rings (SSSR count). The Bertz CT molecular complexity index is 1180. The van der Waals surface area contributed by atoms with Crippen LogP contribution in [0.25, 0.3) is 0 Å². The lowest BCUT2D eigenvalue weighted by molar-refractivity contribution is -0.385. The van der Waals surface area contributed by atoms with E-state index in [2.05, 4.69) is 5.32 Å². The molecule has 0 fully saturated rings. The van der Waals surface area contributed by atoms with E-state index in [1.807, 2.05) is 68.4 Å². The second-order valence-electron chi connectivity index (χ2n) is 8.86. The molecule has 0 heterocycles. The van der Waals surface area contributed by atoms with Crippen LogP contribution in [0.4, 0.5) is 5.69 Å². The molecule has 2 amide bonds. The van der Waals surface area contributed by atoms with E-state index in [4.69, 9.17) is 0 Å². The standard InChI is InChI=1S/C29H33N3O4/c1-3-4-18-30-29(34)27(19-23-13-6-5-7-14-23)31(21-25-16-9-8-12-22(25)2)28(33)20-24-15-10-11-17-26(24)32(35)36/h5-17,27H,3-4,18-21H2,1-2H3,(H,30,34)/t27-/m1/s1. The highest BCUT2D eigenvalue weighted by atomic mass is 16.6. The van der Waals surface area contributed by atoms with Gasteiger partial charge in [-0.25, -0.2) is 0 Å². The van der Waals surface area contributed by atoms with Crippen LogP contribution in [0.5, 0.6) is 0 Å². The lowest BCUT2D eigenvalue weighted by atomic mass is 10.00. The minimum absolute atomic E-state index is 0.103. The first-order chi connectivity index (χ1) is 17.4. The number of para-hydroxylation sites is 1. The van der Waals surface area contributed by atoms with Gasteiger partial charge in [-0.05, 0) is 30.0 Å². The fourth-order valence-electron chi connectivity index (χ4n) is 4.13. The van der Waals surface area contributed by atoms with Gasteiger partial charge < -0.3 is 10.2 Å². The maximum Gasteiger partial charge on any atom is 0.273 e. The number of nitro groups is 1. The van der Waals surface area contributed by atoms with Crippen molar-refractivity contribution in [1.82, 2.24) is 10.2 Å². The predicted molar refractivity (Wildman–Crippen MR) is 140 cm³/mol. The lowest BCUT2D eigenvalue weighted by Gasteiger charge is -2.32. The third-order valence-electron chi connectivity index (χ3n) is 6.23. The number of nitrogens with zero attached hydrogens (tertiary/aromatic N) is 2. The molecule has 3 aromatic carbocycles. The molecule has 36 heavy (non-hydrogen) atoms. The number of carbonyl (C=O) groups is 2. The van der Waals surface area contributed by atoms with Crippen molar-refractivity contribution in [3.63, 3.8) is 0 Å². The van der Waals surface area contributed by atoms with Gasteiger partial charge in [-0.2, -0.15) is 0 Å². The summed E-state index contributed by atoms with van der Waals surface area (Å²) in [6, 6.07) is 22.8. The molecule has 188 valence electrons. The number of amides is 2. The molecule has 0 radical (unpaired) electrons. The SMILES string of the molecule is CCCCNC(=O)[C@@H](Cc1ccccc1)N(Cc1ccccc1C)C(=O)Cc1ccccc1[N+](=O)[O-]. The zero-order valence-corrected chi connectivity index (χ0v) is 20.9. The van der Waals surface area contributed by atoms with Crippen molar-refractivity contribution in [1.29, 1.82) is 0 Å².